The quantitative estimate of drug-likeness (QED) is 0.241. The smallest absolute Gasteiger partial charge is 0.265 e. The third kappa shape index (κ3) is 3.97. The van der Waals surface area contributed by atoms with Gasteiger partial charge in [-0.25, -0.2) is 15.0 Å². The SMILES string of the molecule is FC1(F)c2cc(-c3ccncc3)ccc2-c2ccc(-c3nc(-c4ccccc4)nc(-c4ccccc4)n3)cc21. The van der Waals surface area contributed by atoms with Crippen LogP contribution >= 0.6 is 0 Å². The highest BCUT2D eigenvalue weighted by molar-refractivity contribution is 5.84. The van der Waals surface area contributed by atoms with Gasteiger partial charge in [0.15, 0.2) is 17.5 Å². The van der Waals surface area contributed by atoms with Crippen molar-refractivity contribution in [2.24, 2.45) is 0 Å². The second-order valence-corrected chi connectivity index (χ2v) is 9.37. The molecule has 2 aromatic heterocycles. The number of nitrogens with zero attached hydrogens (tertiary/aromatic N) is 4. The predicted octanol–water partition coefficient (Wildman–Crippen LogP) is 8.06. The molecule has 7 rings (SSSR count). The van der Waals surface area contributed by atoms with Crippen molar-refractivity contribution < 1.29 is 8.78 Å². The summed E-state index contributed by atoms with van der Waals surface area (Å²) in [5.41, 5.74) is 4.70. The van der Waals surface area contributed by atoms with E-state index in [9.17, 15) is 0 Å². The Morgan fingerprint density at radius 1 is 0.436 bits per heavy atom. The zero-order chi connectivity index (χ0) is 26.4. The number of hydrogen-bond donors (Lipinski definition) is 0. The van der Waals surface area contributed by atoms with Gasteiger partial charge in [0, 0.05) is 40.2 Å². The Labute approximate surface area is 223 Å². The Kier molecular flexibility index (Phi) is 5.33. The van der Waals surface area contributed by atoms with Crippen LogP contribution in [0.2, 0.25) is 0 Å². The second-order valence-electron chi connectivity index (χ2n) is 9.37. The zero-order valence-electron chi connectivity index (χ0n) is 20.6. The molecule has 0 atom stereocenters. The number of alkyl halides is 2. The molecule has 6 aromatic rings. The van der Waals surface area contributed by atoms with E-state index in [1.807, 2.05) is 78.9 Å². The van der Waals surface area contributed by atoms with E-state index in [0.717, 1.165) is 22.3 Å². The second kappa shape index (κ2) is 9.03. The lowest BCUT2D eigenvalue weighted by Crippen LogP contribution is -2.11. The number of pyridine rings is 1. The van der Waals surface area contributed by atoms with Crippen molar-refractivity contribution in [2.75, 3.05) is 0 Å². The Morgan fingerprint density at radius 2 is 0.897 bits per heavy atom. The Morgan fingerprint density at radius 3 is 1.44 bits per heavy atom. The van der Waals surface area contributed by atoms with Gasteiger partial charge in [-0.3, -0.25) is 4.98 Å². The topological polar surface area (TPSA) is 51.6 Å². The van der Waals surface area contributed by atoms with Crippen LogP contribution in [-0.2, 0) is 5.92 Å². The number of aromatic nitrogens is 4. The van der Waals surface area contributed by atoms with Crippen molar-refractivity contribution in [2.45, 2.75) is 5.92 Å². The molecule has 186 valence electrons. The summed E-state index contributed by atoms with van der Waals surface area (Å²) in [6, 6.07) is 33.1. The standard InChI is InChI=1S/C33H20F2N4/c34-33(35)28-19-24(21-15-17-36-18-16-21)11-13-26(28)27-14-12-25(20-29(27)33)32-38-30(22-7-3-1-4-8-22)37-31(39-32)23-9-5-2-6-10-23/h1-20H. The third-order valence-corrected chi connectivity index (χ3v) is 6.98. The van der Waals surface area contributed by atoms with Gasteiger partial charge in [-0.05, 0) is 46.5 Å². The van der Waals surface area contributed by atoms with Crippen LogP contribution in [0.1, 0.15) is 11.1 Å². The molecule has 0 bridgehead atoms. The monoisotopic (exact) mass is 510 g/mol. The lowest BCUT2D eigenvalue weighted by atomic mass is 9.99. The molecule has 0 fully saturated rings. The molecule has 0 radical (unpaired) electrons. The van der Waals surface area contributed by atoms with Crippen molar-refractivity contribution in [3.63, 3.8) is 0 Å². The summed E-state index contributed by atoms with van der Waals surface area (Å²) in [6.45, 7) is 0. The lowest BCUT2D eigenvalue weighted by molar-refractivity contribution is 0.0481. The van der Waals surface area contributed by atoms with Gasteiger partial charge in [-0.15, -0.1) is 0 Å². The maximum Gasteiger partial charge on any atom is 0.299 e. The fourth-order valence-corrected chi connectivity index (χ4v) is 5.02. The van der Waals surface area contributed by atoms with Crippen LogP contribution in [0.25, 0.3) is 56.4 Å². The molecule has 0 saturated heterocycles. The number of rotatable bonds is 4. The van der Waals surface area contributed by atoms with Crippen LogP contribution in [0.4, 0.5) is 8.78 Å². The van der Waals surface area contributed by atoms with E-state index in [4.69, 9.17) is 15.0 Å². The first kappa shape index (κ1) is 23.0. The summed E-state index contributed by atoms with van der Waals surface area (Å²) < 4.78 is 31.9. The van der Waals surface area contributed by atoms with Crippen molar-refractivity contribution >= 4 is 0 Å². The first-order chi connectivity index (χ1) is 19.1. The summed E-state index contributed by atoms with van der Waals surface area (Å²) in [4.78, 5) is 18.1. The summed E-state index contributed by atoms with van der Waals surface area (Å²) in [6.07, 6.45) is 3.31. The first-order valence-electron chi connectivity index (χ1n) is 12.5. The third-order valence-electron chi connectivity index (χ3n) is 6.98. The van der Waals surface area contributed by atoms with E-state index < -0.39 is 5.92 Å². The molecule has 0 unspecified atom stereocenters. The Hall–Kier alpha value is -5.10. The predicted molar refractivity (Wildman–Crippen MR) is 148 cm³/mol. The molecule has 6 heteroatoms. The average molecular weight is 511 g/mol. The molecule has 0 N–H and O–H groups in total. The molecule has 1 aliphatic carbocycles. The van der Waals surface area contributed by atoms with Crippen LogP contribution in [0, 0.1) is 0 Å². The molecule has 39 heavy (non-hydrogen) atoms. The van der Waals surface area contributed by atoms with Crippen molar-refractivity contribution in [1.29, 1.82) is 0 Å². The molecule has 2 heterocycles. The average Bonchev–Trinajstić information content (AvgIpc) is 3.23. The van der Waals surface area contributed by atoms with Crippen LogP contribution in [-0.4, -0.2) is 19.9 Å². The molecule has 4 nitrogen and oxygen atoms in total. The summed E-state index contributed by atoms with van der Waals surface area (Å²) in [5, 5.41) is 0. The summed E-state index contributed by atoms with van der Waals surface area (Å²) >= 11 is 0. The van der Waals surface area contributed by atoms with Gasteiger partial charge in [-0.1, -0.05) is 84.9 Å². The highest BCUT2D eigenvalue weighted by Gasteiger charge is 2.44. The summed E-state index contributed by atoms with van der Waals surface area (Å²) in [7, 11) is 0. The molecular formula is C33H20F2N4. The van der Waals surface area contributed by atoms with Crippen LogP contribution in [0.15, 0.2) is 122 Å². The number of halogens is 2. The normalized spacial score (nSPS) is 13.1. The van der Waals surface area contributed by atoms with Crippen LogP contribution in [0.5, 0.6) is 0 Å². The first-order valence-corrected chi connectivity index (χ1v) is 12.5. The van der Waals surface area contributed by atoms with Gasteiger partial charge in [0.25, 0.3) is 5.92 Å². The van der Waals surface area contributed by atoms with Gasteiger partial charge in [-0.2, -0.15) is 8.78 Å². The van der Waals surface area contributed by atoms with Crippen molar-refractivity contribution in [3.8, 4) is 56.4 Å². The zero-order valence-corrected chi connectivity index (χ0v) is 20.6. The Bertz CT molecular complexity index is 1760. The maximum atomic E-state index is 15.9. The number of benzene rings is 4. The van der Waals surface area contributed by atoms with Gasteiger partial charge in [0.1, 0.15) is 0 Å². The van der Waals surface area contributed by atoms with Crippen molar-refractivity contribution in [3.05, 3.63) is 133 Å². The van der Waals surface area contributed by atoms with Crippen LogP contribution < -0.4 is 0 Å². The fourth-order valence-electron chi connectivity index (χ4n) is 5.02. The largest absolute Gasteiger partial charge is 0.299 e. The minimum absolute atomic E-state index is 0.00504. The van der Waals surface area contributed by atoms with Gasteiger partial charge in [0.2, 0.25) is 0 Å². The van der Waals surface area contributed by atoms with E-state index in [1.54, 1.807) is 36.7 Å². The highest BCUT2D eigenvalue weighted by Crippen LogP contribution is 2.52. The number of fused-ring (bicyclic) bond motifs is 3. The molecule has 0 aliphatic heterocycles. The van der Waals surface area contributed by atoms with E-state index in [-0.39, 0.29) is 11.1 Å². The molecule has 0 saturated carbocycles. The summed E-state index contributed by atoms with van der Waals surface area (Å²) in [5.74, 6) is -1.86. The molecule has 4 aromatic carbocycles. The molecule has 0 spiro atoms. The number of hydrogen-bond acceptors (Lipinski definition) is 4. The van der Waals surface area contributed by atoms with E-state index in [1.165, 1.54) is 6.07 Å². The van der Waals surface area contributed by atoms with Gasteiger partial charge in [0.05, 0.1) is 0 Å². The molecular weight excluding hydrogens is 490 g/mol. The van der Waals surface area contributed by atoms with E-state index in [0.29, 0.717) is 34.2 Å². The molecule has 0 amide bonds. The maximum absolute atomic E-state index is 15.9. The highest BCUT2D eigenvalue weighted by atomic mass is 19.3. The fraction of sp³-hybridized carbons (Fsp3) is 0.0303. The minimum atomic E-state index is -3.17. The van der Waals surface area contributed by atoms with Crippen LogP contribution in [0.3, 0.4) is 0 Å². The van der Waals surface area contributed by atoms with E-state index >= 15 is 8.78 Å². The van der Waals surface area contributed by atoms with Gasteiger partial charge < -0.3 is 0 Å². The van der Waals surface area contributed by atoms with Crippen molar-refractivity contribution in [1.82, 2.24) is 19.9 Å². The minimum Gasteiger partial charge on any atom is -0.265 e. The van der Waals surface area contributed by atoms with Gasteiger partial charge >= 0.3 is 0 Å². The lowest BCUT2D eigenvalue weighted by Gasteiger charge is -2.14. The van der Waals surface area contributed by atoms with E-state index in [2.05, 4.69) is 4.98 Å². The Balaban J connectivity index is 1.36. The molecule has 1 aliphatic rings.